The molecule has 25 heavy (non-hydrogen) atoms. The summed E-state index contributed by atoms with van der Waals surface area (Å²) in [6.45, 7) is 0.0158. The van der Waals surface area contributed by atoms with E-state index in [-0.39, 0.29) is 6.61 Å². The molecule has 0 saturated carbocycles. The largest absolute Gasteiger partial charge is 0.392 e. The van der Waals surface area contributed by atoms with Crippen molar-refractivity contribution in [3.05, 3.63) is 72.4 Å². The van der Waals surface area contributed by atoms with Gasteiger partial charge >= 0.3 is 0 Å². The number of nitrogens with one attached hydrogen (secondary N) is 1. The van der Waals surface area contributed by atoms with Crippen LogP contribution >= 0.6 is 0 Å². The summed E-state index contributed by atoms with van der Waals surface area (Å²) in [5, 5.41) is 12.5. The van der Waals surface area contributed by atoms with E-state index in [9.17, 15) is 5.11 Å². The summed E-state index contributed by atoms with van der Waals surface area (Å²) in [6, 6.07) is 19.9. The second kappa shape index (κ2) is 6.37. The Morgan fingerprint density at radius 1 is 1.04 bits per heavy atom. The van der Waals surface area contributed by atoms with Crippen molar-refractivity contribution in [1.29, 1.82) is 0 Å². The van der Waals surface area contributed by atoms with Crippen molar-refractivity contribution in [1.82, 2.24) is 14.5 Å². The van der Waals surface area contributed by atoms with Crippen molar-refractivity contribution < 1.29 is 5.11 Å². The first kappa shape index (κ1) is 15.4. The molecule has 0 fully saturated rings. The fourth-order valence-corrected chi connectivity index (χ4v) is 2.97. The van der Waals surface area contributed by atoms with Gasteiger partial charge in [0, 0.05) is 18.3 Å². The molecule has 4 rings (SSSR count). The quantitative estimate of drug-likeness (QED) is 0.600. The maximum absolute atomic E-state index is 9.37. The van der Waals surface area contributed by atoms with Gasteiger partial charge < -0.3 is 10.4 Å². The van der Waals surface area contributed by atoms with Crippen LogP contribution in [-0.4, -0.2) is 26.7 Å². The maximum Gasteiger partial charge on any atom is 0.208 e. The third-order valence-electron chi connectivity index (χ3n) is 4.18. The number of benzene rings is 2. The molecule has 124 valence electrons. The van der Waals surface area contributed by atoms with E-state index < -0.39 is 0 Å². The van der Waals surface area contributed by atoms with E-state index in [4.69, 9.17) is 0 Å². The fourth-order valence-electron chi connectivity index (χ4n) is 2.97. The molecule has 5 nitrogen and oxygen atoms in total. The lowest BCUT2D eigenvalue weighted by molar-refractivity contribution is 0.282. The number of aromatic nitrogens is 3. The summed E-state index contributed by atoms with van der Waals surface area (Å²) in [5.74, 6) is 0.768. The highest BCUT2D eigenvalue weighted by Gasteiger charge is 2.13. The zero-order chi connectivity index (χ0) is 17.2. The van der Waals surface area contributed by atoms with Crippen LogP contribution in [0.3, 0.4) is 0 Å². The standard InChI is InChI=1S/C20H18N4O/c1-21-20-23-18-12-22-17(15-7-5-6-14(10-15)13-25)11-19(18)24(20)16-8-3-2-4-9-16/h2-12,25H,13H2,1H3,(H,21,23). The highest BCUT2D eigenvalue weighted by atomic mass is 16.3. The van der Waals surface area contributed by atoms with Gasteiger partial charge in [-0.3, -0.25) is 9.55 Å². The number of hydrogen-bond acceptors (Lipinski definition) is 4. The molecule has 0 aliphatic rings. The Hall–Kier alpha value is -3.18. The SMILES string of the molecule is CNc1nc2cnc(-c3cccc(CO)c3)cc2n1-c1ccccc1. The monoisotopic (exact) mass is 330 g/mol. The summed E-state index contributed by atoms with van der Waals surface area (Å²) in [7, 11) is 1.86. The Kier molecular flexibility index (Phi) is 3.91. The first-order valence-corrected chi connectivity index (χ1v) is 8.12. The average molecular weight is 330 g/mol. The lowest BCUT2D eigenvalue weighted by atomic mass is 10.1. The molecule has 2 aromatic heterocycles. The Labute approximate surface area is 145 Å². The molecule has 0 atom stereocenters. The topological polar surface area (TPSA) is 63.0 Å². The van der Waals surface area contributed by atoms with Gasteiger partial charge in [-0.1, -0.05) is 36.4 Å². The van der Waals surface area contributed by atoms with Crippen LogP contribution < -0.4 is 5.32 Å². The van der Waals surface area contributed by atoms with E-state index in [2.05, 4.69) is 32.0 Å². The van der Waals surface area contributed by atoms with Crippen LogP contribution in [0.5, 0.6) is 0 Å². The minimum atomic E-state index is 0.0158. The summed E-state index contributed by atoms with van der Waals surface area (Å²) >= 11 is 0. The van der Waals surface area contributed by atoms with Crippen molar-refractivity contribution in [3.63, 3.8) is 0 Å². The van der Waals surface area contributed by atoms with Crippen molar-refractivity contribution in [3.8, 4) is 16.9 Å². The van der Waals surface area contributed by atoms with Gasteiger partial charge in [0.1, 0.15) is 5.52 Å². The van der Waals surface area contributed by atoms with Crippen LogP contribution in [0.25, 0.3) is 28.0 Å². The molecule has 0 amide bonds. The van der Waals surface area contributed by atoms with Crippen molar-refractivity contribution >= 4 is 17.0 Å². The second-order valence-electron chi connectivity index (χ2n) is 5.77. The van der Waals surface area contributed by atoms with Gasteiger partial charge in [-0.05, 0) is 29.8 Å². The van der Waals surface area contributed by atoms with Gasteiger partial charge in [0.2, 0.25) is 5.95 Å². The van der Waals surface area contributed by atoms with Crippen LogP contribution in [0, 0.1) is 0 Å². The molecule has 0 spiro atoms. The lowest BCUT2D eigenvalue weighted by Crippen LogP contribution is -2.01. The van der Waals surface area contributed by atoms with Gasteiger partial charge in [-0.25, -0.2) is 4.98 Å². The minimum Gasteiger partial charge on any atom is -0.392 e. The summed E-state index contributed by atoms with van der Waals surface area (Å²) in [5.41, 5.74) is 5.54. The normalized spacial score (nSPS) is 11.0. The van der Waals surface area contributed by atoms with Gasteiger partial charge in [0.05, 0.1) is 24.0 Å². The predicted octanol–water partition coefficient (Wildman–Crippen LogP) is 3.62. The number of hydrogen-bond donors (Lipinski definition) is 2. The number of fused-ring (bicyclic) bond motifs is 1. The Morgan fingerprint density at radius 3 is 2.64 bits per heavy atom. The third-order valence-corrected chi connectivity index (χ3v) is 4.18. The molecular weight excluding hydrogens is 312 g/mol. The number of pyridine rings is 1. The average Bonchev–Trinajstić information content (AvgIpc) is 3.06. The Bertz CT molecular complexity index is 1020. The van der Waals surface area contributed by atoms with Crippen molar-refractivity contribution in [2.75, 3.05) is 12.4 Å². The smallest absolute Gasteiger partial charge is 0.208 e. The molecule has 4 aromatic rings. The van der Waals surface area contributed by atoms with Crippen LogP contribution in [0.15, 0.2) is 66.9 Å². The van der Waals surface area contributed by atoms with E-state index >= 15 is 0 Å². The molecule has 0 bridgehead atoms. The van der Waals surface area contributed by atoms with Gasteiger partial charge in [-0.2, -0.15) is 0 Å². The first-order valence-electron chi connectivity index (χ1n) is 8.12. The second-order valence-corrected chi connectivity index (χ2v) is 5.77. The van der Waals surface area contributed by atoms with E-state index in [1.54, 1.807) is 6.20 Å². The summed E-state index contributed by atoms with van der Waals surface area (Å²) in [6.07, 6.45) is 1.79. The summed E-state index contributed by atoms with van der Waals surface area (Å²) < 4.78 is 2.08. The number of imidazole rings is 1. The van der Waals surface area contributed by atoms with Gasteiger partial charge in [0.15, 0.2) is 0 Å². The molecule has 0 unspecified atom stereocenters. The lowest BCUT2D eigenvalue weighted by Gasteiger charge is -2.09. The van der Waals surface area contributed by atoms with Crippen LogP contribution in [0.4, 0.5) is 5.95 Å². The predicted molar refractivity (Wildman–Crippen MR) is 99.8 cm³/mol. The van der Waals surface area contributed by atoms with E-state index in [1.807, 2.05) is 55.6 Å². The molecule has 2 heterocycles. The maximum atomic E-state index is 9.37. The van der Waals surface area contributed by atoms with Gasteiger partial charge in [-0.15, -0.1) is 0 Å². The molecule has 0 saturated heterocycles. The number of para-hydroxylation sites is 1. The molecule has 0 aliphatic carbocycles. The van der Waals surface area contributed by atoms with Crippen molar-refractivity contribution in [2.45, 2.75) is 6.61 Å². The number of nitrogens with zero attached hydrogens (tertiary/aromatic N) is 3. The zero-order valence-corrected chi connectivity index (χ0v) is 13.8. The molecule has 0 aliphatic heterocycles. The number of rotatable bonds is 4. The van der Waals surface area contributed by atoms with Crippen molar-refractivity contribution in [2.24, 2.45) is 0 Å². The number of aliphatic hydroxyl groups is 1. The zero-order valence-electron chi connectivity index (χ0n) is 13.8. The van der Waals surface area contributed by atoms with Gasteiger partial charge in [0.25, 0.3) is 0 Å². The molecular formula is C20H18N4O. The molecule has 5 heteroatoms. The minimum absolute atomic E-state index is 0.0158. The first-order chi connectivity index (χ1) is 12.3. The number of aliphatic hydroxyl groups excluding tert-OH is 1. The highest BCUT2D eigenvalue weighted by molar-refractivity contribution is 5.84. The van der Waals surface area contributed by atoms with E-state index in [0.29, 0.717) is 0 Å². The van der Waals surface area contributed by atoms with Crippen LogP contribution in [0.1, 0.15) is 5.56 Å². The Morgan fingerprint density at radius 2 is 1.88 bits per heavy atom. The Balaban J connectivity index is 1.93. The molecule has 2 N–H and O–H groups in total. The van der Waals surface area contributed by atoms with E-state index in [0.717, 1.165) is 39.5 Å². The molecule has 0 radical (unpaired) electrons. The molecule has 2 aromatic carbocycles. The van der Waals surface area contributed by atoms with E-state index in [1.165, 1.54) is 0 Å². The summed E-state index contributed by atoms with van der Waals surface area (Å²) in [4.78, 5) is 9.18. The number of anilines is 1. The third kappa shape index (κ3) is 2.75. The van der Waals surface area contributed by atoms with Crippen LogP contribution in [-0.2, 0) is 6.61 Å². The van der Waals surface area contributed by atoms with Crippen LogP contribution in [0.2, 0.25) is 0 Å². The fraction of sp³-hybridized carbons (Fsp3) is 0.100. The highest BCUT2D eigenvalue weighted by Crippen LogP contribution is 2.28.